The highest BCUT2D eigenvalue weighted by molar-refractivity contribution is 5.66. The Morgan fingerprint density at radius 3 is 2.03 bits per heavy atom. The highest BCUT2D eigenvalue weighted by Crippen LogP contribution is 2.20. The van der Waals surface area contributed by atoms with Gasteiger partial charge in [0.1, 0.15) is 6.61 Å². The number of rotatable bonds is 12. The van der Waals surface area contributed by atoms with Crippen molar-refractivity contribution in [3.05, 3.63) is 97.2 Å². The average molecular weight is 411 g/mol. The monoisotopic (exact) mass is 410 g/mol. The second-order valence-electron chi connectivity index (χ2n) is 7.33. The molecule has 0 aromatic heterocycles. The van der Waals surface area contributed by atoms with E-state index in [0.29, 0.717) is 5.92 Å². The summed E-state index contributed by atoms with van der Waals surface area (Å²) in [6.45, 7) is 31.7. The van der Waals surface area contributed by atoms with Crippen molar-refractivity contribution in [2.75, 3.05) is 6.61 Å². The molecular weight excluding hydrogens is 368 g/mol. The molecule has 0 N–H and O–H groups in total. The SMILES string of the molecule is C=C(/C=C\C(=C)C(C)/C=C\C(C)CC)C(=C)/C=C(/COC(C)=O)C(=C)CC.C=CC. The number of hydrogen-bond donors (Lipinski definition) is 0. The Morgan fingerprint density at radius 1 is 1.00 bits per heavy atom. The number of carbonyl (C=O) groups excluding carboxylic acids is 1. The second kappa shape index (κ2) is 17.3. The third-order valence-electron chi connectivity index (χ3n) is 4.53. The zero-order valence-electron chi connectivity index (χ0n) is 20.1. The van der Waals surface area contributed by atoms with E-state index in [1.54, 1.807) is 6.08 Å². The third-order valence-corrected chi connectivity index (χ3v) is 4.53. The van der Waals surface area contributed by atoms with E-state index in [1.807, 2.05) is 32.1 Å². The lowest BCUT2D eigenvalue weighted by atomic mass is 9.97. The van der Waals surface area contributed by atoms with E-state index in [-0.39, 0.29) is 18.5 Å². The number of ether oxygens (including phenoxy) is 1. The Hall–Kier alpha value is -2.61. The van der Waals surface area contributed by atoms with Crippen molar-refractivity contribution < 1.29 is 9.53 Å². The van der Waals surface area contributed by atoms with Crippen molar-refractivity contribution in [2.45, 2.75) is 54.4 Å². The predicted molar refractivity (Wildman–Crippen MR) is 134 cm³/mol. The highest BCUT2D eigenvalue weighted by Gasteiger charge is 2.06. The van der Waals surface area contributed by atoms with E-state index in [2.05, 4.69) is 65.8 Å². The largest absolute Gasteiger partial charge is 0.461 e. The van der Waals surface area contributed by atoms with Crippen LogP contribution in [0, 0.1) is 11.8 Å². The topological polar surface area (TPSA) is 26.3 Å². The lowest BCUT2D eigenvalue weighted by Crippen LogP contribution is -2.05. The van der Waals surface area contributed by atoms with Gasteiger partial charge in [-0.1, -0.05) is 90.8 Å². The highest BCUT2D eigenvalue weighted by atomic mass is 16.5. The van der Waals surface area contributed by atoms with Gasteiger partial charge in [0.2, 0.25) is 0 Å². The maximum atomic E-state index is 11.1. The van der Waals surface area contributed by atoms with Gasteiger partial charge in [0, 0.05) is 6.92 Å². The summed E-state index contributed by atoms with van der Waals surface area (Å²) >= 11 is 0. The summed E-state index contributed by atoms with van der Waals surface area (Å²) in [5.41, 5.74) is 4.35. The van der Waals surface area contributed by atoms with Gasteiger partial charge in [-0.2, -0.15) is 0 Å². The fraction of sp³-hybridized carbons (Fsp3) is 0.393. The van der Waals surface area contributed by atoms with Crippen LogP contribution in [0.2, 0.25) is 0 Å². The van der Waals surface area contributed by atoms with E-state index in [4.69, 9.17) is 4.74 Å². The van der Waals surface area contributed by atoms with E-state index in [0.717, 1.165) is 40.7 Å². The molecule has 0 fully saturated rings. The van der Waals surface area contributed by atoms with Crippen molar-refractivity contribution in [1.82, 2.24) is 0 Å². The molecule has 2 nitrogen and oxygen atoms in total. The fourth-order valence-electron chi connectivity index (χ4n) is 2.04. The van der Waals surface area contributed by atoms with E-state index >= 15 is 0 Å². The minimum Gasteiger partial charge on any atom is -0.461 e. The van der Waals surface area contributed by atoms with Crippen LogP contribution in [0.4, 0.5) is 0 Å². The molecule has 0 spiro atoms. The Bertz CT molecular complexity index is 698. The summed E-state index contributed by atoms with van der Waals surface area (Å²) in [7, 11) is 0. The van der Waals surface area contributed by atoms with Gasteiger partial charge in [-0.05, 0) is 59.1 Å². The first-order chi connectivity index (χ1) is 14.0. The van der Waals surface area contributed by atoms with Gasteiger partial charge < -0.3 is 4.74 Å². The first-order valence-corrected chi connectivity index (χ1v) is 10.6. The zero-order valence-corrected chi connectivity index (χ0v) is 20.1. The van der Waals surface area contributed by atoms with Gasteiger partial charge in [-0.3, -0.25) is 4.79 Å². The molecule has 0 aliphatic heterocycles. The molecule has 0 saturated heterocycles. The smallest absolute Gasteiger partial charge is 0.302 e. The van der Waals surface area contributed by atoms with Crippen LogP contribution in [0.5, 0.6) is 0 Å². The van der Waals surface area contributed by atoms with Crippen LogP contribution in [0.25, 0.3) is 0 Å². The Morgan fingerprint density at radius 2 is 1.57 bits per heavy atom. The molecule has 166 valence electrons. The molecule has 0 aromatic rings. The Labute approximate surface area is 185 Å². The van der Waals surface area contributed by atoms with Gasteiger partial charge in [0.25, 0.3) is 0 Å². The molecule has 0 saturated carbocycles. The summed E-state index contributed by atoms with van der Waals surface area (Å²) in [6, 6.07) is 0. The van der Waals surface area contributed by atoms with E-state index in [1.165, 1.54) is 6.92 Å². The van der Waals surface area contributed by atoms with E-state index < -0.39 is 0 Å². The van der Waals surface area contributed by atoms with Crippen molar-refractivity contribution in [1.29, 1.82) is 0 Å². The van der Waals surface area contributed by atoms with Crippen molar-refractivity contribution in [3.63, 3.8) is 0 Å². The molecule has 30 heavy (non-hydrogen) atoms. The van der Waals surface area contributed by atoms with Crippen LogP contribution in [-0.4, -0.2) is 12.6 Å². The summed E-state index contributed by atoms with van der Waals surface area (Å²) in [5, 5.41) is 0. The number of carbonyl (C=O) groups is 1. The van der Waals surface area contributed by atoms with Crippen LogP contribution in [0.15, 0.2) is 97.2 Å². The molecular formula is C28H42O2. The second-order valence-corrected chi connectivity index (χ2v) is 7.33. The molecule has 0 bridgehead atoms. The van der Waals surface area contributed by atoms with Crippen LogP contribution >= 0.6 is 0 Å². The molecule has 0 radical (unpaired) electrons. The minimum absolute atomic E-state index is 0.197. The average Bonchev–Trinajstić information content (AvgIpc) is 2.71. The standard InChI is InChI=1S/C25H36O2.C3H6/c1-10-18(3)12-13-20(5)21(6)14-15-22(7)23(8)16-25(19(4)11-2)17-27-24(9)26;1-3-2/h12-16,18,20H,4,6-8,10-11,17H2,1-3,5,9H3;3H,1H2,2H3/b13-12-,15-14-,25-16-;. The van der Waals surface area contributed by atoms with Crippen molar-refractivity contribution in [3.8, 4) is 0 Å². The fourth-order valence-corrected chi connectivity index (χ4v) is 2.04. The van der Waals surface area contributed by atoms with Crippen LogP contribution in [-0.2, 0) is 9.53 Å². The minimum atomic E-state index is -0.315. The Kier molecular flexibility index (Phi) is 17.0. The summed E-state index contributed by atoms with van der Waals surface area (Å²) < 4.78 is 5.11. The number of allylic oxidation sites excluding steroid dienone is 9. The van der Waals surface area contributed by atoms with E-state index in [9.17, 15) is 4.79 Å². The zero-order chi connectivity index (χ0) is 23.7. The molecule has 0 aliphatic carbocycles. The molecule has 0 amide bonds. The quantitative estimate of drug-likeness (QED) is 0.184. The maximum absolute atomic E-state index is 11.1. The van der Waals surface area contributed by atoms with Gasteiger partial charge in [-0.25, -0.2) is 0 Å². The summed E-state index contributed by atoms with van der Waals surface area (Å²) in [6.07, 6.45) is 13.9. The molecule has 0 aliphatic rings. The van der Waals surface area contributed by atoms with Crippen LogP contribution in [0.3, 0.4) is 0 Å². The Balaban J connectivity index is 0. The molecule has 0 heterocycles. The molecule has 0 rings (SSSR count). The molecule has 2 heteroatoms. The normalized spacial score (nSPS) is 13.2. The van der Waals surface area contributed by atoms with Crippen molar-refractivity contribution in [2.24, 2.45) is 11.8 Å². The number of esters is 1. The predicted octanol–water partition coefficient (Wildman–Crippen LogP) is 8.10. The van der Waals surface area contributed by atoms with Gasteiger partial charge in [0.05, 0.1) is 0 Å². The molecule has 2 atom stereocenters. The summed E-state index contributed by atoms with van der Waals surface area (Å²) in [5.74, 6) is 0.530. The van der Waals surface area contributed by atoms with Crippen molar-refractivity contribution >= 4 is 5.97 Å². The number of hydrogen-bond acceptors (Lipinski definition) is 2. The maximum Gasteiger partial charge on any atom is 0.302 e. The summed E-state index contributed by atoms with van der Waals surface area (Å²) in [4.78, 5) is 11.1. The lowest BCUT2D eigenvalue weighted by molar-refractivity contribution is -0.139. The van der Waals surface area contributed by atoms with Crippen LogP contribution in [0.1, 0.15) is 54.4 Å². The van der Waals surface area contributed by atoms with Gasteiger partial charge in [-0.15, -0.1) is 6.58 Å². The first-order valence-electron chi connectivity index (χ1n) is 10.6. The van der Waals surface area contributed by atoms with Gasteiger partial charge >= 0.3 is 5.97 Å². The molecule has 0 aromatic carbocycles. The lowest BCUT2D eigenvalue weighted by Gasteiger charge is -2.11. The third kappa shape index (κ3) is 14.4. The van der Waals surface area contributed by atoms with Crippen LogP contribution < -0.4 is 0 Å². The molecule has 2 unspecified atom stereocenters. The first kappa shape index (κ1) is 29.6. The van der Waals surface area contributed by atoms with Gasteiger partial charge in [0.15, 0.2) is 0 Å².